The molecule has 10 heteroatoms. The smallest absolute Gasteiger partial charge is 0.249 e. The standard InChI is InChI=1S/C22H17Cl2N7S/c23-13-7-8-15(24)14(11-13)18-12-32-22-28-21(29-31(18)22)27-19-20(30-9-3-4-10-30)26-17-6-2-1-5-16(17)25-19/h1-2,5-8,11-12H,3-4,9-10H2,(H,25,27,29). The molecule has 6 rings (SSSR count). The number of hydrogen-bond acceptors (Lipinski definition) is 7. The van der Waals surface area contributed by atoms with Crippen LogP contribution in [-0.2, 0) is 0 Å². The maximum absolute atomic E-state index is 6.42. The molecule has 2 aromatic carbocycles. The van der Waals surface area contributed by atoms with Gasteiger partial charge in [-0.2, -0.15) is 4.98 Å². The number of halogens is 2. The Labute approximate surface area is 197 Å². The average Bonchev–Trinajstić information content (AvgIpc) is 3.53. The number of aromatic nitrogens is 5. The Bertz CT molecular complexity index is 1460. The van der Waals surface area contributed by atoms with Crippen molar-refractivity contribution in [2.75, 3.05) is 23.3 Å². The van der Waals surface area contributed by atoms with Crippen LogP contribution in [0.3, 0.4) is 0 Å². The van der Waals surface area contributed by atoms with Crippen molar-refractivity contribution in [3.63, 3.8) is 0 Å². The number of fused-ring (bicyclic) bond motifs is 2. The molecule has 7 nitrogen and oxygen atoms in total. The Morgan fingerprint density at radius 3 is 2.53 bits per heavy atom. The molecule has 32 heavy (non-hydrogen) atoms. The highest BCUT2D eigenvalue weighted by molar-refractivity contribution is 7.15. The molecule has 1 fully saturated rings. The Balaban J connectivity index is 1.42. The molecule has 1 N–H and O–H groups in total. The van der Waals surface area contributed by atoms with Crippen molar-refractivity contribution < 1.29 is 0 Å². The molecule has 160 valence electrons. The van der Waals surface area contributed by atoms with Crippen LogP contribution >= 0.6 is 34.5 Å². The maximum atomic E-state index is 6.42. The van der Waals surface area contributed by atoms with Crippen LogP contribution in [-0.4, -0.2) is 37.7 Å². The lowest BCUT2D eigenvalue weighted by Gasteiger charge is -2.19. The summed E-state index contributed by atoms with van der Waals surface area (Å²) in [6.07, 6.45) is 2.30. The zero-order valence-electron chi connectivity index (χ0n) is 16.8. The predicted octanol–water partition coefficient (Wildman–Crippen LogP) is 6.05. The number of anilines is 3. The molecule has 1 aliphatic rings. The summed E-state index contributed by atoms with van der Waals surface area (Å²) in [5, 5.41) is 11.2. The van der Waals surface area contributed by atoms with Gasteiger partial charge in [0.2, 0.25) is 10.9 Å². The lowest BCUT2D eigenvalue weighted by Crippen LogP contribution is -2.21. The number of para-hydroxylation sites is 2. The summed E-state index contributed by atoms with van der Waals surface area (Å²) in [4.78, 5) is 17.4. The molecular weight excluding hydrogens is 465 g/mol. The summed E-state index contributed by atoms with van der Waals surface area (Å²) in [5.41, 5.74) is 3.34. The van der Waals surface area contributed by atoms with Crippen LogP contribution < -0.4 is 10.2 Å². The Hall–Kier alpha value is -2.94. The van der Waals surface area contributed by atoms with E-state index in [-0.39, 0.29) is 0 Å². The van der Waals surface area contributed by atoms with E-state index in [9.17, 15) is 0 Å². The molecule has 0 bridgehead atoms. The minimum absolute atomic E-state index is 0.460. The third-order valence-electron chi connectivity index (χ3n) is 5.47. The second-order valence-corrected chi connectivity index (χ2v) is 9.26. The van der Waals surface area contributed by atoms with Crippen molar-refractivity contribution in [3.8, 4) is 11.3 Å². The van der Waals surface area contributed by atoms with Crippen LogP contribution in [0.4, 0.5) is 17.6 Å². The summed E-state index contributed by atoms with van der Waals surface area (Å²) in [6, 6.07) is 13.3. The van der Waals surface area contributed by atoms with E-state index < -0.39 is 0 Å². The monoisotopic (exact) mass is 481 g/mol. The molecule has 0 unspecified atom stereocenters. The fourth-order valence-corrected chi connectivity index (χ4v) is 5.15. The fourth-order valence-electron chi connectivity index (χ4n) is 3.94. The van der Waals surface area contributed by atoms with Gasteiger partial charge in [-0.05, 0) is 43.2 Å². The van der Waals surface area contributed by atoms with Crippen LogP contribution in [0.15, 0.2) is 47.8 Å². The first-order chi connectivity index (χ1) is 15.7. The van der Waals surface area contributed by atoms with Gasteiger partial charge in [0.05, 0.1) is 21.7 Å². The van der Waals surface area contributed by atoms with Crippen molar-refractivity contribution in [2.24, 2.45) is 0 Å². The average molecular weight is 482 g/mol. The number of hydrogen-bond donors (Lipinski definition) is 1. The maximum Gasteiger partial charge on any atom is 0.249 e. The lowest BCUT2D eigenvalue weighted by molar-refractivity contribution is 0.936. The summed E-state index contributed by atoms with van der Waals surface area (Å²) < 4.78 is 1.77. The second kappa shape index (κ2) is 7.88. The topological polar surface area (TPSA) is 71.2 Å². The number of nitrogens with one attached hydrogen (secondary N) is 1. The summed E-state index contributed by atoms with van der Waals surface area (Å²) in [6.45, 7) is 1.93. The Morgan fingerprint density at radius 2 is 1.72 bits per heavy atom. The molecule has 1 saturated heterocycles. The van der Waals surface area contributed by atoms with E-state index in [1.807, 2.05) is 35.7 Å². The van der Waals surface area contributed by atoms with Gasteiger partial charge in [-0.1, -0.05) is 35.3 Å². The third-order valence-corrected chi connectivity index (χ3v) is 6.85. The van der Waals surface area contributed by atoms with Crippen LogP contribution in [0.2, 0.25) is 10.0 Å². The molecule has 0 saturated carbocycles. The van der Waals surface area contributed by atoms with Crippen molar-refractivity contribution >= 4 is 68.1 Å². The summed E-state index contributed by atoms with van der Waals surface area (Å²) in [7, 11) is 0. The SMILES string of the molecule is Clc1ccc(Cl)c(-c2csc3nc(Nc4nc5ccccc5nc4N4CCCC4)nn23)c1. The van der Waals surface area contributed by atoms with Gasteiger partial charge >= 0.3 is 0 Å². The third kappa shape index (κ3) is 3.44. The zero-order chi connectivity index (χ0) is 21.7. The van der Waals surface area contributed by atoms with Crippen molar-refractivity contribution in [1.29, 1.82) is 0 Å². The van der Waals surface area contributed by atoms with Gasteiger partial charge < -0.3 is 10.2 Å². The second-order valence-electron chi connectivity index (χ2n) is 7.58. The highest BCUT2D eigenvalue weighted by atomic mass is 35.5. The quantitative estimate of drug-likeness (QED) is 0.336. The molecule has 0 spiro atoms. The van der Waals surface area contributed by atoms with Crippen LogP contribution in [0.25, 0.3) is 27.3 Å². The van der Waals surface area contributed by atoms with Crippen LogP contribution in [0.1, 0.15) is 12.8 Å². The first kappa shape index (κ1) is 19.7. The van der Waals surface area contributed by atoms with Crippen molar-refractivity contribution in [2.45, 2.75) is 12.8 Å². The first-order valence-electron chi connectivity index (χ1n) is 10.2. The first-order valence-corrected chi connectivity index (χ1v) is 11.9. The van der Waals surface area contributed by atoms with Gasteiger partial charge in [0.25, 0.3) is 0 Å². The largest absolute Gasteiger partial charge is 0.354 e. The number of benzene rings is 2. The number of nitrogens with zero attached hydrogens (tertiary/aromatic N) is 6. The van der Waals surface area contributed by atoms with E-state index in [1.165, 1.54) is 11.3 Å². The fraction of sp³-hybridized carbons (Fsp3) is 0.182. The molecule has 4 heterocycles. The van der Waals surface area contributed by atoms with E-state index in [4.69, 9.17) is 33.2 Å². The van der Waals surface area contributed by atoms with E-state index >= 15 is 0 Å². The van der Waals surface area contributed by atoms with Gasteiger partial charge in [0.1, 0.15) is 0 Å². The minimum Gasteiger partial charge on any atom is -0.354 e. The van der Waals surface area contributed by atoms with Gasteiger partial charge in [-0.25, -0.2) is 14.5 Å². The van der Waals surface area contributed by atoms with Gasteiger partial charge in [-0.3, -0.25) is 0 Å². The normalized spacial score (nSPS) is 14.0. The highest BCUT2D eigenvalue weighted by Gasteiger charge is 2.21. The molecule has 0 amide bonds. The molecular formula is C22H17Cl2N7S. The van der Waals surface area contributed by atoms with Crippen molar-refractivity contribution in [1.82, 2.24) is 24.6 Å². The van der Waals surface area contributed by atoms with E-state index in [2.05, 4.69) is 20.3 Å². The van der Waals surface area contributed by atoms with Gasteiger partial charge in [-0.15, -0.1) is 16.4 Å². The molecule has 1 aliphatic heterocycles. The van der Waals surface area contributed by atoms with E-state index in [0.717, 1.165) is 59.0 Å². The Kier molecular flexibility index (Phi) is 4.86. The highest BCUT2D eigenvalue weighted by Crippen LogP contribution is 2.34. The predicted molar refractivity (Wildman–Crippen MR) is 131 cm³/mol. The molecule has 3 aromatic heterocycles. The van der Waals surface area contributed by atoms with E-state index in [1.54, 1.807) is 16.6 Å². The van der Waals surface area contributed by atoms with Crippen molar-refractivity contribution in [3.05, 3.63) is 57.9 Å². The molecule has 0 radical (unpaired) electrons. The summed E-state index contributed by atoms with van der Waals surface area (Å²) >= 11 is 14.1. The zero-order valence-corrected chi connectivity index (χ0v) is 19.1. The van der Waals surface area contributed by atoms with Crippen LogP contribution in [0.5, 0.6) is 0 Å². The molecule has 5 aromatic rings. The van der Waals surface area contributed by atoms with Crippen LogP contribution in [0, 0.1) is 0 Å². The summed E-state index contributed by atoms with van der Waals surface area (Å²) in [5.74, 6) is 1.95. The number of thiazole rings is 1. The van der Waals surface area contributed by atoms with Gasteiger partial charge in [0, 0.05) is 29.1 Å². The minimum atomic E-state index is 0.460. The Morgan fingerprint density at radius 1 is 0.938 bits per heavy atom. The van der Waals surface area contributed by atoms with E-state index in [0.29, 0.717) is 21.8 Å². The van der Waals surface area contributed by atoms with Gasteiger partial charge in [0.15, 0.2) is 11.6 Å². The number of rotatable bonds is 4. The molecule has 0 aliphatic carbocycles. The molecule has 0 atom stereocenters. The lowest BCUT2D eigenvalue weighted by atomic mass is 10.2.